The van der Waals surface area contributed by atoms with Gasteiger partial charge in [0, 0.05) is 31.6 Å². The number of aromatic nitrogens is 1. The maximum atomic E-state index is 9.12. The van der Waals surface area contributed by atoms with Gasteiger partial charge in [0.05, 0.1) is 24.5 Å². The summed E-state index contributed by atoms with van der Waals surface area (Å²) in [5.74, 6) is 0. The lowest BCUT2D eigenvalue weighted by Gasteiger charge is -2.46. The lowest BCUT2D eigenvalue weighted by molar-refractivity contribution is -0.0883. The van der Waals surface area contributed by atoms with E-state index in [-0.39, 0.29) is 12.2 Å². The molecule has 0 bridgehead atoms. The van der Waals surface area contributed by atoms with Crippen molar-refractivity contribution in [1.29, 1.82) is 0 Å². The molecule has 1 aromatic heterocycles. The van der Waals surface area contributed by atoms with Gasteiger partial charge in [-0.2, -0.15) is 0 Å². The van der Waals surface area contributed by atoms with Crippen LogP contribution < -0.4 is 4.90 Å². The van der Waals surface area contributed by atoms with Gasteiger partial charge in [0.2, 0.25) is 0 Å². The van der Waals surface area contributed by atoms with Crippen LogP contribution in [0.2, 0.25) is 0 Å². The van der Waals surface area contributed by atoms with Crippen molar-refractivity contribution in [2.45, 2.75) is 25.0 Å². The Labute approximate surface area is 117 Å². The van der Waals surface area contributed by atoms with E-state index in [2.05, 4.69) is 21.8 Å². The van der Waals surface area contributed by atoms with Crippen molar-refractivity contribution in [2.75, 3.05) is 44.7 Å². The molecule has 0 aromatic carbocycles. The predicted molar refractivity (Wildman–Crippen MR) is 75.7 cm³/mol. The van der Waals surface area contributed by atoms with Crippen molar-refractivity contribution in [3.8, 4) is 0 Å². The van der Waals surface area contributed by atoms with Crippen molar-refractivity contribution in [3.05, 3.63) is 11.1 Å². The number of piperidine rings is 1. The highest BCUT2D eigenvalue weighted by Crippen LogP contribution is 2.32. The second kappa shape index (κ2) is 5.36. The number of hydrogen-bond acceptors (Lipinski definition) is 6. The summed E-state index contributed by atoms with van der Waals surface area (Å²) in [4.78, 5) is 9.15. The smallest absolute Gasteiger partial charge is 0.185 e. The largest absolute Gasteiger partial charge is 0.390 e. The Hall–Kier alpha value is -0.690. The summed E-state index contributed by atoms with van der Waals surface area (Å²) in [7, 11) is 2.17. The third-order valence-electron chi connectivity index (χ3n) is 4.12. The summed E-state index contributed by atoms with van der Waals surface area (Å²) in [6.45, 7) is 4.84. The number of rotatable bonds is 2. The number of thiazole rings is 1. The minimum Gasteiger partial charge on any atom is -0.390 e. The normalized spacial score (nSPS) is 24.0. The fourth-order valence-corrected chi connectivity index (χ4v) is 3.69. The first-order chi connectivity index (χ1) is 9.21. The molecule has 0 aliphatic carbocycles. The Bertz CT molecular complexity index is 429. The lowest BCUT2D eigenvalue weighted by Crippen LogP contribution is -2.56. The van der Waals surface area contributed by atoms with Gasteiger partial charge in [-0.05, 0) is 19.9 Å². The van der Waals surface area contributed by atoms with Gasteiger partial charge >= 0.3 is 0 Å². The van der Waals surface area contributed by atoms with Gasteiger partial charge in [-0.3, -0.25) is 0 Å². The Balaban J connectivity index is 1.70. The zero-order valence-corrected chi connectivity index (χ0v) is 12.2. The molecular weight excluding hydrogens is 262 g/mol. The van der Waals surface area contributed by atoms with E-state index < -0.39 is 0 Å². The Morgan fingerprint density at radius 3 is 2.89 bits per heavy atom. The number of ether oxygens (including phenoxy) is 1. The minimum absolute atomic E-state index is 0.00973. The second-order valence-electron chi connectivity index (χ2n) is 5.54. The quantitative estimate of drug-likeness (QED) is 0.875. The van der Waals surface area contributed by atoms with E-state index >= 15 is 0 Å². The molecule has 2 saturated heterocycles. The topological polar surface area (TPSA) is 48.8 Å². The van der Waals surface area contributed by atoms with Crippen molar-refractivity contribution < 1.29 is 9.84 Å². The second-order valence-corrected chi connectivity index (χ2v) is 6.37. The van der Waals surface area contributed by atoms with Gasteiger partial charge in [0.15, 0.2) is 5.13 Å². The highest BCUT2D eigenvalue weighted by Gasteiger charge is 2.39. The molecule has 0 unspecified atom stereocenters. The predicted octanol–water partition coefficient (Wildman–Crippen LogP) is 0.936. The number of hydrogen-bond donors (Lipinski definition) is 1. The van der Waals surface area contributed by atoms with E-state index in [0.717, 1.165) is 56.5 Å². The minimum atomic E-state index is 0.00973. The molecule has 5 nitrogen and oxygen atoms in total. The molecule has 3 heterocycles. The van der Waals surface area contributed by atoms with Gasteiger partial charge < -0.3 is 19.6 Å². The highest BCUT2D eigenvalue weighted by molar-refractivity contribution is 7.13. The summed E-state index contributed by atoms with van der Waals surface area (Å²) in [5.41, 5.74) is 0.777. The summed E-state index contributed by atoms with van der Waals surface area (Å²) >= 11 is 1.62. The molecule has 19 heavy (non-hydrogen) atoms. The molecule has 0 saturated carbocycles. The molecule has 1 aromatic rings. The van der Waals surface area contributed by atoms with Crippen LogP contribution in [0.15, 0.2) is 5.38 Å². The third-order valence-corrected chi connectivity index (χ3v) is 5.07. The van der Waals surface area contributed by atoms with Crippen molar-refractivity contribution in [1.82, 2.24) is 9.88 Å². The van der Waals surface area contributed by atoms with Crippen LogP contribution in [0.5, 0.6) is 0 Å². The van der Waals surface area contributed by atoms with Crippen LogP contribution in [0, 0.1) is 0 Å². The van der Waals surface area contributed by atoms with Crippen LogP contribution in [-0.2, 0) is 11.3 Å². The van der Waals surface area contributed by atoms with Gasteiger partial charge in [-0.15, -0.1) is 11.3 Å². The van der Waals surface area contributed by atoms with E-state index in [1.807, 2.05) is 5.38 Å². The Morgan fingerprint density at radius 1 is 1.42 bits per heavy atom. The molecule has 1 N–H and O–H groups in total. The molecule has 2 aliphatic heterocycles. The number of morpholine rings is 1. The maximum absolute atomic E-state index is 9.12. The molecule has 106 valence electrons. The van der Waals surface area contributed by atoms with Crippen LogP contribution >= 0.6 is 11.3 Å². The molecule has 6 heteroatoms. The van der Waals surface area contributed by atoms with Crippen LogP contribution in [0.3, 0.4) is 0 Å². The summed E-state index contributed by atoms with van der Waals surface area (Å²) in [5, 5.41) is 12.1. The molecule has 0 atom stereocenters. The van der Waals surface area contributed by atoms with Crippen LogP contribution in [-0.4, -0.2) is 60.4 Å². The van der Waals surface area contributed by atoms with Gasteiger partial charge in [0.25, 0.3) is 0 Å². The van der Waals surface area contributed by atoms with E-state index in [0.29, 0.717) is 0 Å². The van der Waals surface area contributed by atoms with Crippen molar-refractivity contribution in [3.63, 3.8) is 0 Å². The van der Waals surface area contributed by atoms with E-state index in [9.17, 15) is 0 Å². The Morgan fingerprint density at radius 2 is 2.21 bits per heavy atom. The van der Waals surface area contributed by atoms with Gasteiger partial charge in [0.1, 0.15) is 0 Å². The Kier molecular flexibility index (Phi) is 3.75. The lowest BCUT2D eigenvalue weighted by atomic mass is 9.90. The number of aliphatic hydroxyl groups excluding tert-OH is 1. The molecule has 0 radical (unpaired) electrons. The molecule has 3 rings (SSSR count). The highest BCUT2D eigenvalue weighted by atomic mass is 32.1. The fourth-order valence-electron chi connectivity index (χ4n) is 2.85. The van der Waals surface area contributed by atoms with E-state index in [1.54, 1.807) is 11.3 Å². The van der Waals surface area contributed by atoms with Crippen molar-refractivity contribution >= 4 is 16.5 Å². The zero-order valence-electron chi connectivity index (χ0n) is 11.3. The van der Waals surface area contributed by atoms with Crippen LogP contribution in [0.25, 0.3) is 0 Å². The molecule has 0 amide bonds. The third kappa shape index (κ3) is 2.76. The molecule has 2 fully saturated rings. The monoisotopic (exact) mass is 283 g/mol. The van der Waals surface area contributed by atoms with Crippen LogP contribution in [0.1, 0.15) is 18.5 Å². The standard InChI is InChI=1S/C13H21N3O2S/c1-15-4-2-13(3-5-15)10-16(6-7-18-13)12-14-11(8-17)9-19-12/h9,17H,2-8,10H2,1H3. The first-order valence-electron chi connectivity index (χ1n) is 6.83. The average molecular weight is 283 g/mol. The molecular formula is C13H21N3O2S. The number of nitrogens with zero attached hydrogens (tertiary/aromatic N) is 3. The van der Waals surface area contributed by atoms with Gasteiger partial charge in [-0.25, -0.2) is 4.98 Å². The fraction of sp³-hybridized carbons (Fsp3) is 0.769. The average Bonchev–Trinajstić information content (AvgIpc) is 2.92. The van der Waals surface area contributed by atoms with Gasteiger partial charge in [-0.1, -0.05) is 0 Å². The molecule has 2 aliphatic rings. The maximum Gasteiger partial charge on any atom is 0.185 e. The number of likely N-dealkylation sites (tertiary alicyclic amines) is 1. The number of anilines is 1. The zero-order chi connectivity index (χ0) is 13.3. The summed E-state index contributed by atoms with van der Waals surface area (Å²) < 4.78 is 6.10. The van der Waals surface area contributed by atoms with Crippen molar-refractivity contribution in [2.24, 2.45) is 0 Å². The van der Waals surface area contributed by atoms with Crippen LogP contribution in [0.4, 0.5) is 5.13 Å². The SMILES string of the molecule is CN1CCC2(CC1)CN(c1nc(CO)cs1)CCO2. The number of aliphatic hydroxyl groups is 1. The first kappa shape index (κ1) is 13.3. The summed E-state index contributed by atoms with van der Waals surface area (Å²) in [6, 6.07) is 0. The molecule has 1 spiro atoms. The summed E-state index contributed by atoms with van der Waals surface area (Å²) in [6.07, 6.45) is 2.19. The van der Waals surface area contributed by atoms with E-state index in [4.69, 9.17) is 9.84 Å². The first-order valence-corrected chi connectivity index (χ1v) is 7.71. The van der Waals surface area contributed by atoms with E-state index in [1.165, 1.54) is 0 Å².